The number of pyridine rings is 1. The summed E-state index contributed by atoms with van der Waals surface area (Å²) in [4.78, 5) is 17.4. The Morgan fingerprint density at radius 3 is 1.97 bits per heavy atom. The Kier molecular flexibility index (Phi) is 10.1. The lowest BCUT2D eigenvalue weighted by Gasteiger charge is -2.42. The number of nitrogens with zero attached hydrogens (tertiary/aromatic N) is 1. The molecule has 0 radical (unpaired) electrons. The molecule has 39 heavy (non-hydrogen) atoms. The summed E-state index contributed by atoms with van der Waals surface area (Å²) in [5.74, 6) is 0.421. The lowest BCUT2D eigenvalue weighted by molar-refractivity contribution is -0.0117. The highest BCUT2D eigenvalue weighted by atomic mass is 31.2. The van der Waals surface area contributed by atoms with E-state index in [4.69, 9.17) is 18.2 Å². The van der Waals surface area contributed by atoms with Crippen molar-refractivity contribution in [3.05, 3.63) is 54.2 Å². The topological polar surface area (TPSA) is 87.9 Å². The second-order valence-corrected chi connectivity index (χ2v) is 14.4. The van der Waals surface area contributed by atoms with E-state index in [1.54, 1.807) is 30.6 Å². The molecular formula is C31H46NO6P. The summed E-state index contributed by atoms with van der Waals surface area (Å²) in [6.45, 7) is 13.2. The number of aromatic nitrogens is 1. The van der Waals surface area contributed by atoms with Crippen LogP contribution in [-0.4, -0.2) is 23.2 Å². The van der Waals surface area contributed by atoms with Crippen LogP contribution in [0, 0.1) is 35.5 Å². The molecule has 2 aliphatic carbocycles. The molecule has 0 aromatic carbocycles. The van der Waals surface area contributed by atoms with Gasteiger partial charge in [-0.05, 0) is 92.2 Å². The van der Waals surface area contributed by atoms with Crippen LogP contribution in [0.3, 0.4) is 0 Å². The molecule has 2 saturated carbocycles. The summed E-state index contributed by atoms with van der Waals surface area (Å²) < 4.78 is 39.8. The minimum Gasteiger partial charge on any atom is -0.457 e. The number of rotatable bonds is 10. The van der Waals surface area contributed by atoms with Crippen LogP contribution in [-0.2, 0) is 18.3 Å². The van der Waals surface area contributed by atoms with Crippen molar-refractivity contribution < 1.29 is 27.6 Å². The molecule has 4 rings (SSSR count). The molecule has 2 aromatic rings. The molecule has 216 valence electrons. The average molecular weight is 560 g/mol. The smallest absolute Gasteiger partial charge is 0.376 e. The molecule has 0 aliphatic heterocycles. The Hall–Kier alpha value is -1.95. The molecule has 0 unspecified atom stereocenters. The van der Waals surface area contributed by atoms with E-state index in [0.29, 0.717) is 29.2 Å². The van der Waals surface area contributed by atoms with E-state index >= 15 is 4.57 Å². The first-order valence-electron chi connectivity index (χ1n) is 14.7. The Morgan fingerprint density at radius 2 is 1.51 bits per heavy atom. The molecule has 0 N–H and O–H groups in total. The number of carbonyl (C=O) groups is 1. The van der Waals surface area contributed by atoms with Crippen LogP contribution in [0.2, 0.25) is 0 Å². The van der Waals surface area contributed by atoms with Crippen LogP contribution >= 0.6 is 7.60 Å². The summed E-state index contributed by atoms with van der Waals surface area (Å²) in [7, 11) is -4.06. The average Bonchev–Trinajstić information content (AvgIpc) is 3.45. The van der Waals surface area contributed by atoms with Crippen molar-refractivity contribution in [2.75, 3.05) is 0 Å². The van der Waals surface area contributed by atoms with Gasteiger partial charge in [0.15, 0.2) is 0 Å². The van der Waals surface area contributed by atoms with Gasteiger partial charge >= 0.3 is 13.6 Å². The van der Waals surface area contributed by atoms with E-state index in [9.17, 15) is 4.79 Å². The highest BCUT2D eigenvalue weighted by molar-refractivity contribution is 7.54. The van der Waals surface area contributed by atoms with Crippen molar-refractivity contribution in [3.63, 3.8) is 0 Å². The van der Waals surface area contributed by atoms with Gasteiger partial charge < -0.3 is 18.2 Å². The fourth-order valence-corrected chi connectivity index (χ4v) is 8.39. The number of hydrogen-bond acceptors (Lipinski definition) is 7. The fourth-order valence-electron chi connectivity index (χ4n) is 6.03. The van der Waals surface area contributed by atoms with Crippen molar-refractivity contribution in [3.8, 4) is 0 Å². The third-order valence-electron chi connectivity index (χ3n) is 8.97. The van der Waals surface area contributed by atoms with Gasteiger partial charge in [-0.25, -0.2) is 4.79 Å². The second kappa shape index (κ2) is 13.1. The van der Waals surface area contributed by atoms with Gasteiger partial charge in [0.25, 0.3) is 0 Å². The number of furan rings is 1. The highest BCUT2D eigenvalue weighted by Crippen LogP contribution is 2.65. The van der Waals surface area contributed by atoms with Crippen molar-refractivity contribution in [2.24, 2.45) is 35.5 Å². The van der Waals surface area contributed by atoms with Crippen LogP contribution in [0.4, 0.5) is 0 Å². The van der Waals surface area contributed by atoms with E-state index < -0.39 is 19.4 Å². The summed E-state index contributed by atoms with van der Waals surface area (Å²) in [6, 6.07) is 6.65. The van der Waals surface area contributed by atoms with Crippen LogP contribution in [0.1, 0.15) is 102 Å². The Bertz CT molecular complexity index is 1050. The van der Waals surface area contributed by atoms with Crippen molar-refractivity contribution in [1.29, 1.82) is 0 Å². The SMILES string of the molecule is CC(C)[C@@H]1CC[C@H](C)[C@H](OP(=O)(O[C@@H]2C[C@H](C(C)C)CC[C@@H]2C)[C@@H](OC(=O)c2ccco2)c2cccnc2)C1. The summed E-state index contributed by atoms with van der Waals surface area (Å²) in [5, 5.41) is 0. The maximum Gasteiger partial charge on any atom is 0.376 e. The first-order valence-corrected chi connectivity index (χ1v) is 16.3. The van der Waals surface area contributed by atoms with Gasteiger partial charge in [0.05, 0.1) is 18.5 Å². The van der Waals surface area contributed by atoms with Gasteiger partial charge in [0.2, 0.25) is 11.6 Å². The fraction of sp³-hybridized carbons (Fsp3) is 0.677. The molecule has 7 atom stereocenters. The largest absolute Gasteiger partial charge is 0.457 e. The molecule has 2 fully saturated rings. The summed E-state index contributed by atoms with van der Waals surface area (Å²) in [5.41, 5.74) is 0.480. The molecule has 0 amide bonds. The zero-order chi connectivity index (χ0) is 28.2. The lowest BCUT2D eigenvalue weighted by Crippen LogP contribution is -2.35. The molecule has 0 spiro atoms. The van der Waals surface area contributed by atoms with Crippen LogP contribution in [0.5, 0.6) is 0 Å². The van der Waals surface area contributed by atoms with E-state index in [2.05, 4.69) is 46.5 Å². The molecular weight excluding hydrogens is 513 g/mol. The van der Waals surface area contributed by atoms with E-state index in [1.165, 1.54) is 12.3 Å². The Morgan fingerprint density at radius 1 is 0.923 bits per heavy atom. The molecule has 2 aromatic heterocycles. The summed E-state index contributed by atoms with van der Waals surface area (Å²) in [6.07, 6.45) is 9.91. The molecule has 0 saturated heterocycles. The van der Waals surface area contributed by atoms with E-state index in [-0.39, 0.29) is 29.8 Å². The predicted molar refractivity (Wildman–Crippen MR) is 151 cm³/mol. The molecule has 7 nitrogen and oxygen atoms in total. The Labute approximate surface area is 233 Å². The number of ether oxygens (including phenoxy) is 1. The van der Waals surface area contributed by atoms with E-state index in [0.717, 1.165) is 38.5 Å². The summed E-state index contributed by atoms with van der Waals surface area (Å²) >= 11 is 0. The van der Waals surface area contributed by atoms with Crippen LogP contribution < -0.4 is 0 Å². The number of esters is 1. The maximum absolute atomic E-state index is 15.2. The maximum atomic E-state index is 15.2. The standard InChI is InChI=1S/C31H46NO6P/c1-20(2)24-13-11-22(5)28(17-24)37-39(34,38-29-18-25(21(3)4)14-12-23(29)6)31(26-9-7-15-32-19-26)36-30(33)27-10-8-16-35-27/h7-10,15-16,19-25,28-29,31H,11-14,17-18H2,1-6H3/t22-,23-,24+,25+,28+,29+,31+/m0/s1. The molecule has 0 bridgehead atoms. The van der Waals surface area contributed by atoms with Gasteiger partial charge in [-0.1, -0.05) is 47.6 Å². The van der Waals surface area contributed by atoms with Gasteiger partial charge in [0, 0.05) is 18.0 Å². The number of carbonyl (C=O) groups excluding carboxylic acids is 1. The molecule has 8 heteroatoms. The third-order valence-corrected chi connectivity index (χ3v) is 11.1. The van der Waals surface area contributed by atoms with Gasteiger partial charge in [-0.15, -0.1) is 0 Å². The van der Waals surface area contributed by atoms with Gasteiger partial charge in [0.1, 0.15) is 0 Å². The van der Waals surface area contributed by atoms with Crippen molar-refractivity contribution in [1.82, 2.24) is 4.98 Å². The number of hydrogen-bond donors (Lipinski definition) is 0. The highest BCUT2D eigenvalue weighted by Gasteiger charge is 2.48. The first kappa shape index (κ1) is 30.0. The quantitative estimate of drug-likeness (QED) is 0.212. The Balaban J connectivity index is 1.72. The minimum atomic E-state index is -4.06. The first-order chi connectivity index (χ1) is 18.6. The molecule has 2 heterocycles. The van der Waals surface area contributed by atoms with Crippen LogP contribution in [0.25, 0.3) is 0 Å². The normalized spacial score (nSPS) is 28.9. The van der Waals surface area contributed by atoms with Crippen molar-refractivity contribution in [2.45, 2.75) is 98.1 Å². The zero-order valence-electron chi connectivity index (χ0n) is 24.3. The van der Waals surface area contributed by atoms with Crippen molar-refractivity contribution >= 4 is 13.6 Å². The third kappa shape index (κ3) is 7.42. The monoisotopic (exact) mass is 559 g/mol. The lowest BCUT2D eigenvalue weighted by atomic mass is 9.76. The van der Waals surface area contributed by atoms with Crippen LogP contribution in [0.15, 0.2) is 47.3 Å². The van der Waals surface area contributed by atoms with Gasteiger partial charge in [-0.3, -0.25) is 9.55 Å². The minimum absolute atomic E-state index is 0.0345. The van der Waals surface area contributed by atoms with E-state index in [1.807, 2.05) is 0 Å². The second-order valence-electron chi connectivity index (χ2n) is 12.4. The molecule has 2 aliphatic rings. The predicted octanol–water partition coefficient (Wildman–Crippen LogP) is 8.68. The van der Waals surface area contributed by atoms with Gasteiger partial charge in [-0.2, -0.15) is 0 Å². The zero-order valence-corrected chi connectivity index (χ0v) is 25.2.